The van der Waals surface area contributed by atoms with Crippen LogP contribution in [-0.2, 0) is 23.2 Å². The Bertz CT molecular complexity index is 1420. The molecule has 3 aromatic carbocycles. The summed E-state index contributed by atoms with van der Waals surface area (Å²) in [4.78, 5) is 20.2. The molecule has 5 heteroatoms. The third-order valence-corrected chi connectivity index (χ3v) is 7.57. The van der Waals surface area contributed by atoms with E-state index in [1.54, 1.807) is 0 Å². The monoisotopic (exact) mass is 509 g/mol. The van der Waals surface area contributed by atoms with Gasteiger partial charge in [-0.2, -0.15) is 0 Å². The molecule has 1 atom stereocenters. The highest BCUT2D eigenvalue weighted by Crippen LogP contribution is 2.35. The lowest BCUT2D eigenvalue weighted by molar-refractivity contribution is -0.117. The smallest absolute Gasteiger partial charge is 0.227 e. The molecule has 1 fully saturated rings. The predicted molar refractivity (Wildman–Crippen MR) is 155 cm³/mol. The molecule has 1 aliphatic rings. The van der Waals surface area contributed by atoms with Gasteiger partial charge in [-0.05, 0) is 60.1 Å². The van der Waals surface area contributed by atoms with Crippen molar-refractivity contribution >= 4 is 22.6 Å². The lowest BCUT2D eigenvalue weighted by Crippen LogP contribution is -2.25. The number of para-hydroxylation sites is 4. The number of aromatic nitrogens is 2. The van der Waals surface area contributed by atoms with E-state index in [0.29, 0.717) is 19.6 Å². The molecule has 0 radical (unpaired) electrons. The molecule has 0 N–H and O–H groups in total. The number of rotatable bonds is 9. The van der Waals surface area contributed by atoms with Crippen LogP contribution in [-0.4, -0.2) is 28.6 Å². The van der Waals surface area contributed by atoms with Gasteiger partial charge in [0.1, 0.15) is 11.6 Å². The lowest BCUT2D eigenvalue weighted by atomic mass is 9.86. The number of anilines is 1. The van der Waals surface area contributed by atoms with Gasteiger partial charge in [-0.3, -0.25) is 4.79 Å². The maximum atomic E-state index is 13.2. The molecule has 1 saturated heterocycles. The van der Waals surface area contributed by atoms with E-state index < -0.39 is 0 Å². The third kappa shape index (κ3) is 5.33. The number of fused-ring (bicyclic) bond motifs is 1. The second kappa shape index (κ2) is 11.0. The molecule has 1 aromatic heterocycles. The molecule has 0 bridgehead atoms. The van der Waals surface area contributed by atoms with Crippen LogP contribution in [0.3, 0.4) is 0 Å². The first-order chi connectivity index (χ1) is 18.4. The van der Waals surface area contributed by atoms with Gasteiger partial charge in [-0.15, -0.1) is 0 Å². The van der Waals surface area contributed by atoms with Crippen molar-refractivity contribution in [3.63, 3.8) is 0 Å². The molecule has 0 spiro atoms. The van der Waals surface area contributed by atoms with Crippen molar-refractivity contribution in [2.24, 2.45) is 0 Å². The second-order valence-electron chi connectivity index (χ2n) is 11.3. The maximum absolute atomic E-state index is 13.2. The van der Waals surface area contributed by atoms with Crippen molar-refractivity contribution in [3.05, 3.63) is 89.7 Å². The Morgan fingerprint density at radius 2 is 1.68 bits per heavy atom. The molecule has 0 saturated carbocycles. The SMILES string of the molecule is CCc1ccccc1N1CC(c2nc3ccccc3n2CCCCOc2ccccc2C(C)(C)C)CC1=O. The second-order valence-corrected chi connectivity index (χ2v) is 11.3. The van der Waals surface area contributed by atoms with Gasteiger partial charge < -0.3 is 14.2 Å². The zero-order valence-corrected chi connectivity index (χ0v) is 23.1. The van der Waals surface area contributed by atoms with E-state index in [-0.39, 0.29) is 17.2 Å². The number of carbonyl (C=O) groups excluding carboxylic acids is 1. The van der Waals surface area contributed by atoms with Crippen LogP contribution in [0.25, 0.3) is 11.0 Å². The first-order valence-corrected chi connectivity index (χ1v) is 13.9. The summed E-state index contributed by atoms with van der Waals surface area (Å²) in [5, 5.41) is 0. The first kappa shape index (κ1) is 26.0. The summed E-state index contributed by atoms with van der Waals surface area (Å²) >= 11 is 0. The van der Waals surface area contributed by atoms with E-state index in [1.165, 1.54) is 11.1 Å². The standard InChI is InChI=1S/C33H39N3O2/c1-5-24-14-6-9-17-28(24)36-23-25(22-31(36)37)32-34-27-16-8-10-18-29(27)35(32)20-12-13-21-38-30-19-11-7-15-26(30)33(2,3)4/h6-11,14-19,25H,5,12-13,20-23H2,1-4H3. The first-order valence-electron chi connectivity index (χ1n) is 13.9. The predicted octanol–water partition coefficient (Wildman–Crippen LogP) is 7.28. The highest BCUT2D eigenvalue weighted by molar-refractivity contribution is 5.97. The zero-order valence-electron chi connectivity index (χ0n) is 23.1. The number of ether oxygens (including phenoxy) is 1. The van der Waals surface area contributed by atoms with E-state index in [4.69, 9.17) is 9.72 Å². The van der Waals surface area contributed by atoms with Gasteiger partial charge in [0.2, 0.25) is 5.91 Å². The number of hydrogen-bond donors (Lipinski definition) is 0. The van der Waals surface area contributed by atoms with Crippen LogP contribution in [0.5, 0.6) is 5.75 Å². The number of benzene rings is 3. The van der Waals surface area contributed by atoms with E-state index in [0.717, 1.165) is 54.1 Å². The van der Waals surface area contributed by atoms with Crippen LogP contribution in [0.4, 0.5) is 5.69 Å². The van der Waals surface area contributed by atoms with Crippen LogP contribution in [0.2, 0.25) is 0 Å². The molecule has 1 unspecified atom stereocenters. The Morgan fingerprint density at radius 1 is 0.947 bits per heavy atom. The van der Waals surface area contributed by atoms with Gasteiger partial charge in [0.15, 0.2) is 0 Å². The van der Waals surface area contributed by atoms with E-state index in [9.17, 15) is 4.79 Å². The number of amides is 1. The quantitative estimate of drug-likeness (QED) is 0.223. The highest BCUT2D eigenvalue weighted by atomic mass is 16.5. The minimum atomic E-state index is 0.0471. The van der Waals surface area contributed by atoms with Crippen LogP contribution in [0.15, 0.2) is 72.8 Å². The molecular weight excluding hydrogens is 470 g/mol. The molecule has 5 rings (SSSR count). The van der Waals surface area contributed by atoms with Crippen LogP contribution >= 0.6 is 0 Å². The van der Waals surface area contributed by atoms with E-state index in [2.05, 4.69) is 80.8 Å². The summed E-state index contributed by atoms with van der Waals surface area (Å²) in [5.74, 6) is 2.26. The topological polar surface area (TPSA) is 47.4 Å². The molecule has 38 heavy (non-hydrogen) atoms. The molecule has 0 aliphatic carbocycles. The molecule has 1 amide bonds. The summed E-state index contributed by atoms with van der Waals surface area (Å²) in [6, 6.07) is 24.9. The number of hydrogen-bond acceptors (Lipinski definition) is 3. The lowest BCUT2D eigenvalue weighted by Gasteiger charge is -2.22. The van der Waals surface area contributed by atoms with Crippen LogP contribution < -0.4 is 9.64 Å². The molecule has 4 aromatic rings. The molecule has 5 nitrogen and oxygen atoms in total. The summed E-state index contributed by atoms with van der Waals surface area (Å²) in [7, 11) is 0. The maximum Gasteiger partial charge on any atom is 0.227 e. The van der Waals surface area contributed by atoms with Gasteiger partial charge in [0.25, 0.3) is 0 Å². The van der Waals surface area contributed by atoms with Gasteiger partial charge in [0.05, 0.1) is 17.6 Å². The average Bonchev–Trinajstić information content (AvgIpc) is 3.48. The number of unbranched alkanes of at least 4 members (excludes halogenated alkanes) is 1. The molecular formula is C33H39N3O2. The minimum Gasteiger partial charge on any atom is -0.493 e. The average molecular weight is 510 g/mol. The fourth-order valence-corrected chi connectivity index (χ4v) is 5.59. The van der Waals surface area contributed by atoms with Crippen LogP contribution in [0.1, 0.15) is 69.8 Å². The van der Waals surface area contributed by atoms with Crippen molar-refractivity contribution < 1.29 is 9.53 Å². The summed E-state index contributed by atoms with van der Waals surface area (Å²) in [6.07, 6.45) is 3.33. The van der Waals surface area contributed by atoms with Crippen molar-refractivity contribution in [2.75, 3.05) is 18.1 Å². The van der Waals surface area contributed by atoms with Gasteiger partial charge in [-0.25, -0.2) is 4.98 Å². The number of imidazole rings is 1. The largest absolute Gasteiger partial charge is 0.493 e. The van der Waals surface area contributed by atoms with Crippen molar-refractivity contribution in [2.45, 2.75) is 71.3 Å². The molecule has 2 heterocycles. The minimum absolute atomic E-state index is 0.0471. The van der Waals surface area contributed by atoms with Gasteiger partial charge in [0, 0.05) is 31.1 Å². The molecule has 1 aliphatic heterocycles. The normalized spacial score (nSPS) is 15.9. The van der Waals surface area contributed by atoms with Crippen molar-refractivity contribution in [1.29, 1.82) is 0 Å². The number of aryl methyl sites for hydroxylation is 2. The van der Waals surface area contributed by atoms with Gasteiger partial charge >= 0.3 is 0 Å². The Balaban J connectivity index is 1.30. The Morgan fingerprint density at radius 3 is 2.50 bits per heavy atom. The number of carbonyl (C=O) groups is 1. The summed E-state index contributed by atoms with van der Waals surface area (Å²) < 4.78 is 8.56. The zero-order chi connectivity index (χ0) is 26.7. The summed E-state index contributed by atoms with van der Waals surface area (Å²) in [5.41, 5.74) is 5.67. The highest BCUT2D eigenvalue weighted by Gasteiger charge is 2.35. The Labute approximate surface area is 226 Å². The van der Waals surface area contributed by atoms with Gasteiger partial charge in [-0.1, -0.05) is 76.2 Å². The van der Waals surface area contributed by atoms with Crippen molar-refractivity contribution in [3.8, 4) is 5.75 Å². The van der Waals surface area contributed by atoms with E-state index >= 15 is 0 Å². The van der Waals surface area contributed by atoms with E-state index in [1.807, 2.05) is 29.2 Å². The molecule has 198 valence electrons. The Hall–Kier alpha value is -3.60. The fourth-order valence-electron chi connectivity index (χ4n) is 5.59. The van der Waals surface area contributed by atoms with Crippen molar-refractivity contribution in [1.82, 2.24) is 9.55 Å². The Kier molecular flexibility index (Phi) is 7.55. The number of nitrogens with zero attached hydrogens (tertiary/aromatic N) is 3. The summed E-state index contributed by atoms with van der Waals surface area (Å²) in [6.45, 7) is 11.0. The van der Waals surface area contributed by atoms with Crippen LogP contribution in [0, 0.1) is 0 Å². The third-order valence-electron chi connectivity index (χ3n) is 7.57. The fraction of sp³-hybridized carbons (Fsp3) is 0.394.